The van der Waals surface area contributed by atoms with E-state index in [1.807, 2.05) is 22.7 Å². The average Bonchev–Trinajstić information content (AvgIpc) is 3.36. The molecule has 206 valence electrons. The summed E-state index contributed by atoms with van der Waals surface area (Å²) in [7, 11) is 0. The number of aryl methyl sites for hydroxylation is 2. The fourth-order valence-corrected chi connectivity index (χ4v) is 6.59. The Morgan fingerprint density at radius 2 is 0.917 bits per heavy atom. The maximum atomic E-state index is 5.72. The van der Waals surface area contributed by atoms with Gasteiger partial charge in [-0.2, -0.15) is 9.13 Å². The minimum Gasteiger partial charge on any atom is -0.378 e. The van der Waals surface area contributed by atoms with Crippen LogP contribution in [0.3, 0.4) is 0 Å². The van der Waals surface area contributed by atoms with Crippen molar-refractivity contribution >= 4 is 22.7 Å². The summed E-state index contributed by atoms with van der Waals surface area (Å²) < 4.78 is 16.3. The zero-order valence-electron chi connectivity index (χ0n) is 24.2. The molecule has 0 spiro atoms. The smallest absolute Gasteiger partial charge is 0.225 e. The van der Waals surface area contributed by atoms with Crippen molar-refractivity contribution in [1.82, 2.24) is 0 Å². The van der Waals surface area contributed by atoms with Crippen LogP contribution in [0, 0.1) is 13.8 Å². The summed E-state index contributed by atoms with van der Waals surface area (Å²) in [5, 5.41) is 0. The van der Waals surface area contributed by atoms with Gasteiger partial charge in [-0.15, -0.1) is 0 Å². The molecule has 0 bridgehead atoms. The number of hydrogen-bond donors (Lipinski definition) is 0. The van der Waals surface area contributed by atoms with Gasteiger partial charge in [-0.05, 0) is 40.5 Å². The summed E-state index contributed by atoms with van der Waals surface area (Å²) in [6.45, 7) is 17.0. The van der Waals surface area contributed by atoms with Crippen LogP contribution in [-0.2, 0) is 35.4 Å². The van der Waals surface area contributed by atoms with Crippen molar-refractivity contribution in [2.24, 2.45) is 0 Å². The fraction of sp³-hybridized carbons (Fsp3) is 0.800. The number of unbranched alkanes of at least 4 members (excludes halogenated alkanes) is 9. The second kappa shape index (κ2) is 18.4. The molecule has 0 aliphatic rings. The topological polar surface area (TPSA) is 26.2 Å². The number of aromatic nitrogens is 2. The van der Waals surface area contributed by atoms with Crippen LogP contribution in [0.25, 0.3) is 0 Å². The highest BCUT2D eigenvalue weighted by Crippen LogP contribution is 2.15. The van der Waals surface area contributed by atoms with E-state index in [9.17, 15) is 0 Å². The summed E-state index contributed by atoms with van der Waals surface area (Å²) in [4.78, 5) is 2.97. The van der Waals surface area contributed by atoms with Gasteiger partial charge in [0.05, 0.1) is 35.2 Å². The quantitative estimate of drug-likeness (QED) is 0.121. The molecule has 0 atom stereocenters. The molecule has 0 aliphatic carbocycles. The molecular formula is C30H54N2O2S2+2. The lowest BCUT2D eigenvalue weighted by molar-refractivity contribution is -0.698. The minimum atomic E-state index is 0.326. The Morgan fingerprint density at radius 1 is 0.583 bits per heavy atom. The minimum absolute atomic E-state index is 0.326. The molecular weight excluding hydrogens is 484 g/mol. The summed E-state index contributed by atoms with van der Waals surface area (Å²) in [6, 6.07) is 0. The Bertz CT molecular complexity index is 761. The molecule has 0 aromatic carbocycles. The third kappa shape index (κ3) is 12.6. The first-order valence-electron chi connectivity index (χ1n) is 14.5. The van der Waals surface area contributed by atoms with Crippen LogP contribution in [0.4, 0.5) is 0 Å². The summed E-state index contributed by atoms with van der Waals surface area (Å²) >= 11 is 3.78. The molecule has 0 radical (unpaired) electrons. The van der Waals surface area contributed by atoms with Crippen molar-refractivity contribution < 1.29 is 18.6 Å². The van der Waals surface area contributed by atoms with Crippen molar-refractivity contribution in [3.63, 3.8) is 0 Å². The van der Waals surface area contributed by atoms with E-state index in [4.69, 9.17) is 9.47 Å². The molecule has 36 heavy (non-hydrogen) atoms. The molecule has 0 amide bonds. The number of hydrogen-bond acceptors (Lipinski definition) is 4. The van der Waals surface area contributed by atoms with Crippen LogP contribution in [0.15, 0.2) is 11.0 Å². The highest BCUT2D eigenvalue weighted by molar-refractivity contribution is 7.09. The highest BCUT2D eigenvalue weighted by Gasteiger charge is 2.16. The molecule has 0 fully saturated rings. The molecule has 2 aromatic rings. The number of rotatable bonds is 21. The Labute approximate surface area is 230 Å². The van der Waals surface area contributed by atoms with Crippen LogP contribution < -0.4 is 9.13 Å². The molecule has 2 rings (SSSR count). The first-order chi connectivity index (χ1) is 17.4. The second-order valence-corrected chi connectivity index (χ2v) is 12.6. The summed E-state index contributed by atoms with van der Waals surface area (Å²) in [5.74, 6) is 0. The van der Waals surface area contributed by atoms with Crippen molar-refractivity contribution in [2.45, 2.75) is 144 Å². The predicted octanol–water partition coefficient (Wildman–Crippen LogP) is 7.54. The largest absolute Gasteiger partial charge is 0.378 e. The molecule has 4 nitrogen and oxygen atoms in total. The maximum absolute atomic E-state index is 5.72. The Morgan fingerprint density at radius 3 is 1.25 bits per heavy atom. The maximum Gasteiger partial charge on any atom is 0.225 e. The zero-order valence-corrected chi connectivity index (χ0v) is 25.8. The van der Waals surface area contributed by atoms with Crippen molar-refractivity contribution in [3.8, 4) is 0 Å². The molecule has 0 N–H and O–H groups in total. The van der Waals surface area contributed by atoms with E-state index < -0.39 is 0 Å². The van der Waals surface area contributed by atoms with Gasteiger partial charge in [-0.3, -0.25) is 0 Å². The number of thiazole rings is 2. The number of nitrogens with zero attached hydrogens (tertiary/aromatic N) is 2. The van der Waals surface area contributed by atoms with E-state index >= 15 is 0 Å². The first-order valence-corrected chi connectivity index (χ1v) is 16.3. The Balaban J connectivity index is 1.42. The average molecular weight is 539 g/mol. The van der Waals surface area contributed by atoms with Gasteiger partial charge in [-0.1, -0.05) is 61.2 Å². The van der Waals surface area contributed by atoms with E-state index in [1.54, 1.807) is 0 Å². The second-order valence-electron chi connectivity index (χ2n) is 10.7. The lowest BCUT2D eigenvalue weighted by Crippen LogP contribution is -2.34. The summed E-state index contributed by atoms with van der Waals surface area (Å²) in [5.41, 5.74) is 7.49. The van der Waals surface area contributed by atoms with E-state index in [0.717, 1.165) is 26.1 Å². The van der Waals surface area contributed by atoms with Gasteiger partial charge in [0.25, 0.3) is 0 Å². The van der Waals surface area contributed by atoms with Crippen LogP contribution in [-0.4, -0.2) is 25.4 Å². The van der Waals surface area contributed by atoms with E-state index in [1.165, 1.54) is 98.4 Å². The van der Waals surface area contributed by atoms with Gasteiger partial charge in [-0.25, -0.2) is 0 Å². The van der Waals surface area contributed by atoms with Crippen LogP contribution >= 0.6 is 22.7 Å². The van der Waals surface area contributed by atoms with Gasteiger partial charge in [0.1, 0.15) is 13.1 Å². The van der Waals surface area contributed by atoms with Crippen molar-refractivity contribution in [2.75, 3.05) is 13.2 Å². The molecule has 0 saturated carbocycles. The molecule has 6 heteroatoms. The van der Waals surface area contributed by atoms with Crippen LogP contribution in [0.2, 0.25) is 0 Å². The lowest BCUT2D eigenvalue weighted by atomic mass is 10.1. The van der Waals surface area contributed by atoms with E-state index in [0.29, 0.717) is 12.2 Å². The SMILES string of the molecule is Cc1c(CCOC(C)C)sc[n+]1CCCCCCCCCCCC[n+]1csc(CCOC(C)C)c1C. The van der Waals surface area contributed by atoms with Gasteiger partial charge in [0.15, 0.2) is 11.4 Å². The fourth-order valence-electron chi connectivity index (χ4n) is 4.58. The van der Waals surface area contributed by atoms with Crippen LogP contribution in [0.1, 0.15) is 113 Å². The summed E-state index contributed by atoms with van der Waals surface area (Å²) in [6.07, 6.45) is 16.5. The normalized spacial score (nSPS) is 11.9. The van der Waals surface area contributed by atoms with Crippen LogP contribution in [0.5, 0.6) is 0 Å². The molecule has 2 aromatic heterocycles. The van der Waals surface area contributed by atoms with Crippen molar-refractivity contribution in [3.05, 3.63) is 32.2 Å². The third-order valence-electron chi connectivity index (χ3n) is 6.92. The van der Waals surface area contributed by atoms with Gasteiger partial charge < -0.3 is 9.47 Å². The monoisotopic (exact) mass is 538 g/mol. The first kappa shape index (κ1) is 31.4. The molecule has 0 unspecified atom stereocenters. The predicted molar refractivity (Wildman–Crippen MR) is 154 cm³/mol. The van der Waals surface area contributed by atoms with E-state index in [2.05, 4.69) is 61.7 Å². The Kier molecular flexibility index (Phi) is 16.1. The zero-order chi connectivity index (χ0) is 26.2. The van der Waals surface area contributed by atoms with Gasteiger partial charge in [0, 0.05) is 39.5 Å². The number of ether oxygens (including phenoxy) is 2. The molecule has 0 aliphatic heterocycles. The standard InChI is InChI=1S/C30H54N2O2S2/c1-25(2)33-21-17-29-27(5)31(23-35-29)19-15-13-11-9-7-8-10-12-14-16-20-32-24-36-30(28(32)6)18-22-34-26(3)4/h23-26H,7-22H2,1-6H3/q+2. The van der Waals surface area contributed by atoms with Crippen molar-refractivity contribution in [1.29, 1.82) is 0 Å². The Hall–Kier alpha value is -0.820. The van der Waals surface area contributed by atoms with Gasteiger partial charge in [0.2, 0.25) is 11.0 Å². The third-order valence-corrected chi connectivity index (χ3v) is 9.21. The molecule has 0 saturated heterocycles. The van der Waals surface area contributed by atoms with Gasteiger partial charge >= 0.3 is 0 Å². The molecule has 2 heterocycles. The van der Waals surface area contributed by atoms with E-state index in [-0.39, 0.29) is 0 Å². The highest BCUT2D eigenvalue weighted by atomic mass is 32.1. The lowest BCUT2D eigenvalue weighted by Gasteiger charge is -2.05.